The summed E-state index contributed by atoms with van der Waals surface area (Å²) in [4.78, 5) is 15.8. The highest BCUT2D eigenvalue weighted by atomic mass is 16.5. The van der Waals surface area contributed by atoms with Crippen LogP contribution < -0.4 is 0 Å². The van der Waals surface area contributed by atoms with Crippen LogP contribution in [0.15, 0.2) is 40.8 Å². The summed E-state index contributed by atoms with van der Waals surface area (Å²) in [5, 5.41) is 2.03. The molecule has 4 heteroatoms. The molecule has 90 valence electrons. The molecule has 1 aromatic heterocycles. The van der Waals surface area contributed by atoms with Gasteiger partial charge < -0.3 is 9.15 Å². The number of carbonyl (C=O) groups is 1. The molecule has 1 heterocycles. The summed E-state index contributed by atoms with van der Waals surface area (Å²) in [6, 6.07) is 11.6. The minimum atomic E-state index is -0.530. The van der Waals surface area contributed by atoms with Gasteiger partial charge in [-0.3, -0.25) is 0 Å². The Morgan fingerprint density at radius 3 is 2.94 bits per heavy atom. The van der Waals surface area contributed by atoms with Crippen LogP contribution in [0.5, 0.6) is 0 Å². The van der Waals surface area contributed by atoms with E-state index < -0.39 is 5.97 Å². The van der Waals surface area contributed by atoms with Crippen LogP contribution in [-0.4, -0.2) is 17.6 Å². The number of esters is 1. The molecule has 0 saturated heterocycles. The number of oxazole rings is 1. The van der Waals surface area contributed by atoms with Crippen LogP contribution in [0.4, 0.5) is 0 Å². The molecule has 18 heavy (non-hydrogen) atoms. The Morgan fingerprint density at radius 1 is 1.28 bits per heavy atom. The lowest BCUT2D eigenvalue weighted by atomic mass is 10.1. The second kappa shape index (κ2) is 4.14. The van der Waals surface area contributed by atoms with Crippen molar-refractivity contribution < 1.29 is 13.9 Å². The predicted octanol–water partition coefficient (Wildman–Crippen LogP) is 3.16. The minimum absolute atomic E-state index is 0.00297. The average Bonchev–Trinajstić information content (AvgIpc) is 2.83. The SMILES string of the molecule is CCOC(=O)c1nc2c(ccc3ccccc32)o1. The number of carbonyl (C=O) groups excluding carboxylic acids is 1. The molecule has 0 aliphatic heterocycles. The predicted molar refractivity (Wildman–Crippen MR) is 67.5 cm³/mol. The first-order valence-electron chi connectivity index (χ1n) is 5.75. The van der Waals surface area contributed by atoms with Gasteiger partial charge in [0.05, 0.1) is 6.61 Å². The Bertz CT molecular complexity index is 730. The topological polar surface area (TPSA) is 52.3 Å². The smallest absolute Gasteiger partial charge is 0.394 e. The van der Waals surface area contributed by atoms with Crippen LogP contribution in [0.1, 0.15) is 17.6 Å². The van der Waals surface area contributed by atoms with Gasteiger partial charge in [-0.25, -0.2) is 9.78 Å². The normalized spacial score (nSPS) is 10.9. The summed E-state index contributed by atoms with van der Waals surface area (Å²) >= 11 is 0. The van der Waals surface area contributed by atoms with Crippen molar-refractivity contribution in [2.24, 2.45) is 0 Å². The van der Waals surface area contributed by atoms with Gasteiger partial charge in [0.15, 0.2) is 5.58 Å². The molecule has 0 saturated carbocycles. The van der Waals surface area contributed by atoms with Gasteiger partial charge >= 0.3 is 11.9 Å². The lowest BCUT2D eigenvalue weighted by Crippen LogP contribution is -2.04. The Hall–Kier alpha value is -2.36. The molecule has 0 unspecified atom stereocenters. The minimum Gasteiger partial charge on any atom is -0.459 e. The first-order chi connectivity index (χ1) is 8.79. The van der Waals surface area contributed by atoms with Gasteiger partial charge in [-0.15, -0.1) is 0 Å². The molecule has 0 spiro atoms. The van der Waals surface area contributed by atoms with Crippen LogP contribution in [0, 0.1) is 0 Å². The standard InChI is InChI=1S/C14H11NO3/c1-2-17-14(16)13-15-12-10-6-4-3-5-9(10)7-8-11(12)18-13/h3-8H,2H2,1H3. The van der Waals surface area contributed by atoms with Crippen molar-refractivity contribution in [1.82, 2.24) is 4.98 Å². The number of hydrogen-bond acceptors (Lipinski definition) is 4. The van der Waals surface area contributed by atoms with Crippen LogP contribution in [-0.2, 0) is 4.74 Å². The highest BCUT2D eigenvalue weighted by Crippen LogP contribution is 2.25. The number of fused-ring (bicyclic) bond motifs is 3. The molecule has 0 aliphatic carbocycles. The fraction of sp³-hybridized carbons (Fsp3) is 0.143. The van der Waals surface area contributed by atoms with Crippen molar-refractivity contribution in [3.8, 4) is 0 Å². The van der Waals surface area contributed by atoms with Crippen molar-refractivity contribution in [3.63, 3.8) is 0 Å². The summed E-state index contributed by atoms with van der Waals surface area (Å²) in [5.41, 5.74) is 1.29. The van der Waals surface area contributed by atoms with Gasteiger partial charge in [0.1, 0.15) is 5.52 Å². The number of aromatic nitrogens is 1. The number of hydrogen-bond donors (Lipinski definition) is 0. The monoisotopic (exact) mass is 241 g/mol. The highest BCUT2D eigenvalue weighted by Gasteiger charge is 2.16. The van der Waals surface area contributed by atoms with Crippen molar-refractivity contribution in [2.45, 2.75) is 6.92 Å². The summed E-state index contributed by atoms with van der Waals surface area (Å²) in [5.74, 6) is -0.527. The average molecular weight is 241 g/mol. The van der Waals surface area contributed by atoms with E-state index in [-0.39, 0.29) is 5.89 Å². The van der Waals surface area contributed by atoms with E-state index in [0.29, 0.717) is 17.7 Å². The van der Waals surface area contributed by atoms with Crippen LogP contribution in [0.3, 0.4) is 0 Å². The van der Waals surface area contributed by atoms with E-state index in [1.54, 1.807) is 6.92 Å². The third-order valence-electron chi connectivity index (χ3n) is 2.73. The van der Waals surface area contributed by atoms with Gasteiger partial charge in [0.25, 0.3) is 0 Å². The van der Waals surface area contributed by atoms with Crippen molar-refractivity contribution >= 4 is 27.8 Å². The van der Waals surface area contributed by atoms with Gasteiger partial charge in [-0.05, 0) is 18.4 Å². The van der Waals surface area contributed by atoms with Crippen LogP contribution in [0.2, 0.25) is 0 Å². The summed E-state index contributed by atoms with van der Waals surface area (Å²) in [6.45, 7) is 2.05. The summed E-state index contributed by atoms with van der Waals surface area (Å²) in [6.07, 6.45) is 0. The lowest BCUT2D eigenvalue weighted by Gasteiger charge is -1.95. The molecular formula is C14H11NO3. The maximum absolute atomic E-state index is 11.6. The van der Waals surface area contributed by atoms with E-state index in [1.807, 2.05) is 36.4 Å². The van der Waals surface area contributed by atoms with E-state index in [0.717, 1.165) is 10.8 Å². The number of benzene rings is 2. The van der Waals surface area contributed by atoms with E-state index >= 15 is 0 Å². The molecule has 0 atom stereocenters. The van der Waals surface area contributed by atoms with E-state index in [4.69, 9.17) is 9.15 Å². The fourth-order valence-electron chi connectivity index (χ4n) is 1.94. The molecule has 0 radical (unpaired) electrons. The largest absolute Gasteiger partial charge is 0.459 e. The van der Waals surface area contributed by atoms with E-state index in [1.165, 1.54) is 0 Å². The van der Waals surface area contributed by atoms with Crippen LogP contribution in [0.25, 0.3) is 21.9 Å². The van der Waals surface area contributed by atoms with Crippen LogP contribution >= 0.6 is 0 Å². The first-order valence-corrected chi connectivity index (χ1v) is 5.75. The molecular weight excluding hydrogens is 230 g/mol. The Balaban J connectivity index is 2.22. The summed E-state index contributed by atoms with van der Waals surface area (Å²) in [7, 11) is 0. The number of ether oxygens (including phenoxy) is 1. The lowest BCUT2D eigenvalue weighted by molar-refractivity contribution is 0.0483. The van der Waals surface area contributed by atoms with Gasteiger partial charge in [-0.2, -0.15) is 0 Å². The number of nitrogens with zero attached hydrogens (tertiary/aromatic N) is 1. The molecule has 0 fully saturated rings. The Labute approximate surface area is 103 Å². The maximum Gasteiger partial charge on any atom is 0.394 e. The highest BCUT2D eigenvalue weighted by molar-refractivity contribution is 6.04. The van der Waals surface area contributed by atoms with Crippen molar-refractivity contribution in [3.05, 3.63) is 42.3 Å². The quantitative estimate of drug-likeness (QED) is 0.647. The van der Waals surface area contributed by atoms with Gasteiger partial charge in [0.2, 0.25) is 0 Å². The third-order valence-corrected chi connectivity index (χ3v) is 2.73. The third kappa shape index (κ3) is 1.62. The zero-order chi connectivity index (χ0) is 12.5. The van der Waals surface area contributed by atoms with Gasteiger partial charge in [0, 0.05) is 5.39 Å². The summed E-state index contributed by atoms with van der Waals surface area (Å²) < 4.78 is 10.3. The Morgan fingerprint density at radius 2 is 2.11 bits per heavy atom. The van der Waals surface area contributed by atoms with E-state index in [9.17, 15) is 4.79 Å². The van der Waals surface area contributed by atoms with Crippen molar-refractivity contribution in [1.29, 1.82) is 0 Å². The number of rotatable bonds is 2. The van der Waals surface area contributed by atoms with Crippen molar-refractivity contribution in [2.75, 3.05) is 6.61 Å². The second-order valence-corrected chi connectivity index (χ2v) is 3.87. The van der Waals surface area contributed by atoms with Gasteiger partial charge in [-0.1, -0.05) is 30.3 Å². The maximum atomic E-state index is 11.6. The fourth-order valence-corrected chi connectivity index (χ4v) is 1.94. The molecule has 0 aliphatic rings. The second-order valence-electron chi connectivity index (χ2n) is 3.87. The molecule has 0 bridgehead atoms. The first kappa shape index (κ1) is 10.8. The van der Waals surface area contributed by atoms with E-state index in [2.05, 4.69) is 4.98 Å². The molecule has 3 rings (SSSR count). The zero-order valence-electron chi connectivity index (χ0n) is 9.84. The molecule has 3 aromatic rings. The molecule has 2 aromatic carbocycles. The zero-order valence-corrected chi connectivity index (χ0v) is 9.84. The molecule has 4 nitrogen and oxygen atoms in total. The Kier molecular flexibility index (Phi) is 2.48. The molecule has 0 amide bonds. The molecule has 0 N–H and O–H groups in total.